The zero-order valence-electron chi connectivity index (χ0n) is 13.6. The van der Waals surface area contributed by atoms with Gasteiger partial charge in [-0.05, 0) is 43.4 Å². The molecule has 0 spiro atoms. The SMILES string of the molecule is CCCC1(CN2C(=O)C3CCCN3C(=O)C2C(C)C)CC1. The van der Waals surface area contributed by atoms with Crippen LogP contribution >= 0.6 is 0 Å². The second kappa shape index (κ2) is 5.29. The van der Waals surface area contributed by atoms with E-state index in [0.717, 1.165) is 32.4 Å². The Balaban J connectivity index is 1.84. The fourth-order valence-corrected chi connectivity index (χ4v) is 4.30. The molecule has 4 nitrogen and oxygen atoms in total. The summed E-state index contributed by atoms with van der Waals surface area (Å²) < 4.78 is 0. The van der Waals surface area contributed by atoms with Gasteiger partial charge in [-0.2, -0.15) is 0 Å². The highest BCUT2D eigenvalue weighted by atomic mass is 16.2. The Morgan fingerprint density at radius 3 is 2.52 bits per heavy atom. The van der Waals surface area contributed by atoms with Crippen molar-refractivity contribution in [2.24, 2.45) is 11.3 Å². The summed E-state index contributed by atoms with van der Waals surface area (Å²) in [7, 11) is 0. The number of piperazine rings is 1. The molecule has 2 aliphatic heterocycles. The van der Waals surface area contributed by atoms with Crippen molar-refractivity contribution in [2.75, 3.05) is 13.1 Å². The lowest BCUT2D eigenvalue weighted by molar-refractivity contribution is -0.162. The minimum Gasteiger partial charge on any atom is -0.329 e. The van der Waals surface area contributed by atoms with Crippen molar-refractivity contribution < 1.29 is 9.59 Å². The lowest BCUT2D eigenvalue weighted by Crippen LogP contribution is -2.65. The summed E-state index contributed by atoms with van der Waals surface area (Å²) in [4.78, 5) is 29.5. The van der Waals surface area contributed by atoms with E-state index in [1.165, 1.54) is 19.3 Å². The van der Waals surface area contributed by atoms with Crippen molar-refractivity contribution in [1.29, 1.82) is 0 Å². The standard InChI is InChI=1S/C17H28N2O2/c1-4-7-17(8-9-17)11-19-14(12(2)3)16(21)18-10-5-6-13(18)15(19)20/h12-14H,4-11H2,1-3H3. The summed E-state index contributed by atoms with van der Waals surface area (Å²) in [5.41, 5.74) is 0.318. The Hall–Kier alpha value is -1.06. The highest BCUT2D eigenvalue weighted by Gasteiger charge is 2.52. The topological polar surface area (TPSA) is 40.6 Å². The Labute approximate surface area is 127 Å². The number of fused-ring (bicyclic) bond motifs is 1. The molecule has 118 valence electrons. The lowest BCUT2D eigenvalue weighted by atomic mass is 9.92. The molecule has 3 rings (SSSR count). The van der Waals surface area contributed by atoms with Crippen LogP contribution in [0.5, 0.6) is 0 Å². The zero-order chi connectivity index (χ0) is 15.2. The molecule has 3 aliphatic rings. The molecule has 1 saturated carbocycles. The third kappa shape index (κ3) is 2.47. The molecule has 2 saturated heterocycles. The molecular weight excluding hydrogens is 264 g/mol. The second-order valence-corrected chi connectivity index (χ2v) is 7.59. The number of rotatable bonds is 5. The van der Waals surface area contributed by atoms with Crippen LogP contribution in [0.3, 0.4) is 0 Å². The number of hydrogen-bond donors (Lipinski definition) is 0. The molecule has 2 atom stereocenters. The van der Waals surface area contributed by atoms with Crippen LogP contribution in [-0.4, -0.2) is 46.8 Å². The fourth-order valence-electron chi connectivity index (χ4n) is 4.30. The molecule has 0 N–H and O–H groups in total. The van der Waals surface area contributed by atoms with E-state index in [1.807, 2.05) is 9.80 Å². The molecule has 0 aromatic heterocycles. The minimum atomic E-state index is -0.235. The van der Waals surface area contributed by atoms with Gasteiger partial charge in [0.1, 0.15) is 12.1 Å². The Kier molecular flexibility index (Phi) is 3.74. The number of amides is 2. The van der Waals surface area contributed by atoms with Gasteiger partial charge in [-0.25, -0.2) is 0 Å². The van der Waals surface area contributed by atoms with Crippen LogP contribution in [0.2, 0.25) is 0 Å². The van der Waals surface area contributed by atoms with Crippen molar-refractivity contribution in [3.8, 4) is 0 Å². The number of carbonyl (C=O) groups is 2. The zero-order valence-corrected chi connectivity index (χ0v) is 13.6. The van der Waals surface area contributed by atoms with Gasteiger partial charge in [0, 0.05) is 13.1 Å². The van der Waals surface area contributed by atoms with Crippen LogP contribution < -0.4 is 0 Å². The van der Waals surface area contributed by atoms with E-state index in [2.05, 4.69) is 20.8 Å². The van der Waals surface area contributed by atoms with E-state index in [9.17, 15) is 9.59 Å². The number of nitrogens with zero attached hydrogens (tertiary/aromatic N) is 2. The van der Waals surface area contributed by atoms with Gasteiger partial charge in [0.05, 0.1) is 0 Å². The van der Waals surface area contributed by atoms with Crippen molar-refractivity contribution in [3.63, 3.8) is 0 Å². The summed E-state index contributed by atoms with van der Waals surface area (Å²) in [6.45, 7) is 7.92. The van der Waals surface area contributed by atoms with E-state index in [4.69, 9.17) is 0 Å². The van der Waals surface area contributed by atoms with E-state index >= 15 is 0 Å². The first kappa shape index (κ1) is 14.9. The average molecular weight is 292 g/mol. The summed E-state index contributed by atoms with van der Waals surface area (Å²) in [5, 5.41) is 0. The van der Waals surface area contributed by atoms with Crippen molar-refractivity contribution in [2.45, 2.75) is 71.4 Å². The van der Waals surface area contributed by atoms with Gasteiger partial charge >= 0.3 is 0 Å². The van der Waals surface area contributed by atoms with Crippen LogP contribution in [0.25, 0.3) is 0 Å². The Morgan fingerprint density at radius 1 is 1.24 bits per heavy atom. The first-order chi connectivity index (χ1) is 9.99. The summed E-state index contributed by atoms with van der Waals surface area (Å²) in [6, 6.07) is -0.397. The smallest absolute Gasteiger partial charge is 0.246 e. The summed E-state index contributed by atoms with van der Waals surface area (Å²) in [6.07, 6.45) is 6.62. The normalized spacial score (nSPS) is 31.0. The van der Waals surface area contributed by atoms with Crippen LogP contribution in [0.4, 0.5) is 0 Å². The quantitative estimate of drug-likeness (QED) is 0.781. The number of hydrogen-bond acceptors (Lipinski definition) is 2. The maximum Gasteiger partial charge on any atom is 0.246 e. The van der Waals surface area contributed by atoms with Crippen LogP contribution in [0.1, 0.15) is 59.3 Å². The molecule has 0 aromatic carbocycles. The molecular formula is C17H28N2O2. The largest absolute Gasteiger partial charge is 0.329 e. The van der Waals surface area contributed by atoms with E-state index in [-0.39, 0.29) is 29.8 Å². The molecule has 0 bridgehead atoms. The summed E-state index contributed by atoms with van der Waals surface area (Å²) >= 11 is 0. The molecule has 21 heavy (non-hydrogen) atoms. The first-order valence-corrected chi connectivity index (χ1v) is 8.60. The van der Waals surface area contributed by atoms with E-state index in [0.29, 0.717) is 5.41 Å². The predicted octanol–water partition coefficient (Wildman–Crippen LogP) is 2.42. The van der Waals surface area contributed by atoms with Crippen molar-refractivity contribution in [3.05, 3.63) is 0 Å². The molecule has 1 aliphatic carbocycles. The van der Waals surface area contributed by atoms with Crippen molar-refractivity contribution >= 4 is 11.8 Å². The number of carbonyl (C=O) groups excluding carboxylic acids is 2. The van der Waals surface area contributed by atoms with Gasteiger partial charge in [-0.15, -0.1) is 0 Å². The average Bonchev–Trinajstić information content (AvgIpc) is 3.00. The van der Waals surface area contributed by atoms with Crippen LogP contribution in [0.15, 0.2) is 0 Å². The Bertz CT molecular complexity index is 442. The molecule has 0 aromatic rings. The van der Waals surface area contributed by atoms with Gasteiger partial charge in [-0.3, -0.25) is 9.59 Å². The maximum atomic E-state index is 12.9. The van der Waals surface area contributed by atoms with Gasteiger partial charge in [0.15, 0.2) is 0 Å². The summed E-state index contributed by atoms with van der Waals surface area (Å²) in [5.74, 6) is 0.605. The third-order valence-corrected chi connectivity index (χ3v) is 5.57. The monoisotopic (exact) mass is 292 g/mol. The van der Waals surface area contributed by atoms with E-state index in [1.54, 1.807) is 0 Å². The molecule has 2 heterocycles. The highest BCUT2D eigenvalue weighted by Crippen LogP contribution is 2.51. The highest BCUT2D eigenvalue weighted by molar-refractivity contribution is 5.97. The Morgan fingerprint density at radius 2 is 1.95 bits per heavy atom. The molecule has 2 amide bonds. The molecule has 4 heteroatoms. The van der Waals surface area contributed by atoms with Gasteiger partial charge < -0.3 is 9.80 Å². The first-order valence-electron chi connectivity index (χ1n) is 8.60. The van der Waals surface area contributed by atoms with Crippen LogP contribution in [-0.2, 0) is 9.59 Å². The molecule has 0 radical (unpaired) electrons. The van der Waals surface area contributed by atoms with Crippen molar-refractivity contribution in [1.82, 2.24) is 9.80 Å². The van der Waals surface area contributed by atoms with Crippen LogP contribution in [0, 0.1) is 11.3 Å². The maximum absolute atomic E-state index is 12.9. The van der Waals surface area contributed by atoms with Gasteiger partial charge in [0.25, 0.3) is 0 Å². The minimum absolute atomic E-state index is 0.162. The van der Waals surface area contributed by atoms with Gasteiger partial charge in [-0.1, -0.05) is 27.2 Å². The van der Waals surface area contributed by atoms with Gasteiger partial charge in [0.2, 0.25) is 11.8 Å². The lowest BCUT2D eigenvalue weighted by Gasteiger charge is -2.45. The predicted molar refractivity (Wildman–Crippen MR) is 81.6 cm³/mol. The molecule has 2 unspecified atom stereocenters. The third-order valence-electron chi connectivity index (χ3n) is 5.57. The fraction of sp³-hybridized carbons (Fsp3) is 0.882. The second-order valence-electron chi connectivity index (χ2n) is 7.59. The van der Waals surface area contributed by atoms with E-state index < -0.39 is 0 Å². The molecule has 3 fully saturated rings.